The van der Waals surface area contributed by atoms with Crippen molar-refractivity contribution < 1.29 is 4.79 Å². The molecule has 0 saturated carbocycles. The zero-order valence-corrected chi connectivity index (χ0v) is 12.8. The summed E-state index contributed by atoms with van der Waals surface area (Å²) in [5.74, 6) is -0.0565. The molecule has 0 fully saturated rings. The largest absolute Gasteiger partial charge is 0.325 e. The molecule has 1 amide bonds. The van der Waals surface area contributed by atoms with Gasteiger partial charge < -0.3 is 10.6 Å². The van der Waals surface area contributed by atoms with E-state index in [0.717, 1.165) is 21.3 Å². The number of halogens is 1. The number of nitrogens with one attached hydrogen (secondary N) is 2. The molecular weight excluding hydrogens is 318 g/mol. The van der Waals surface area contributed by atoms with E-state index in [-0.39, 0.29) is 12.5 Å². The van der Waals surface area contributed by atoms with Gasteiger partial charge in [-0.25, -0.2) is 0 Å². The summed E-state index contributed by atoms with van der Waals surface area (Å²) in [6.07, 6.45) is 3.57. The van der Waals surface area contributed by atoms with Gasteiger partial charge in [-0.2, -0.15) is 0 Å². The Labute approximate surface area is 126 Å². The number of aromatic nitrogens is 1. The van der Waals surface area contributed by atoms with Crippen molar-refractivity contribution in [2.24, 2.45) is 0 Å². The van der Waals surface area contributed by atoms with Gasteiger partial charge in [0, 0.05) is 29.1 Å². The minimum atomic E-state index is -0.0565. The second-order valence-electron chi connectivity index (χ2n) is 4.46. The van der Waals surface area contributed by atoms with Crippen LogP contribution in [0.2, 0.25) is 0 Å². The van der Waals surface area contributed by atoms with E-state index in [0.29, 0.717) is 6.54 Å². The Morgan fingerprint density at radius 1 is 1.25 bits per heavy atom. The minimum absolute atomic E-state index is 0.0565. The highest BCUT2D eigenvalue weighted by Crippen LogP contribution is 2.13. The van der Waals surface area contributed by atoms with E-state index in [1.807, 2.05) is 43.5 Å². The van der Waals surface area contributed by atoms with E-state index in [2.05, 4.69) is 31.5 Å². The van der Waals surface area contributed by atoms with Crippen LogP contribution >= 0.6 is 15.9 Å². The molecule has 20 heavy (non-hydrogen) atoms. The van der Waals surface area contributed by atoms with E-state index in [1.165, 1.54) is 0 Å². The Hall–Kier alpha value is -1.72. The summed E-state index contributed by atoms with van der Waals surface area (Å²) in [6, 6.07) is 9.45. The summed E-state index contributed by atoms with van der Waals surface area (Å²) in [4.78, 5) is 15.8. The Bertz CT molecular complexity index is 584. The summed E-state index contributed by atoms with van der Waals surface area (Å²) in [7, 11) is 0. The maximum absolute atomic E-state index is 11.8. The zero-order chi connectivity index (χ0) is 14.4. The van der Waals surface area contributed by atoms with Crippen LogP contribution in [0.4, 0.5) is 5.69 Å². The molecule has 2 N–H and O–H groups in total. The van der Waals surface area contributed by atoms with Crippen LogP contribution in [0.25, 0.3) is 0 Å². The van der Waals surface area contributed by atoms with Gasteiger partial charge in [0.1, 0.15) is 0 Å². The van der Waals surface area contributed by atoms with E-state index in [1.54, 1.807) is 6.20 Å². The molecule has 2 rings (SSSR count). The third-order valence-electron chi connectivity index (χ3n) is 2.87. The van der Waals surface area contributed by atoms with Crippen LogP contribution in [0.3, 0.4) is 0 Å². The number of anilines is 1. The fourth-order valence-corrected chi connectivity index (χ4v) is 2.01. The summed E-state index contributed by atoms with van der Waals surface area (Å²) in [6.45, 7) is 2.94. The quantitative estimate of drug-likeness (QED) is 0.884. The van der Waals surface area contributed by atoms with Gasteiger partial charge in [0.25, 0.3) is 0 Å². The van der Waals surface area contributed by atoms with Crippen LogP contribution in [0.1, 0.15) is 11.1 Å². The second kappa shape index (κ2) is 7.17. The SMILES string of the molecule is Cc1cnccc1CNCC(=O)Nc1ccc(Br)cc1. The fraction of sp³-hybridized carbons (Fsp3) is 0.200. The number of nitrogens with zero attached hydrogens (tertiary/aromatic N) is 1. The number of carbonyl (C=O) groups excluding carboxylic acids is 1. The first kappa shape index (κ1) is 14.7. The molecule has 0 bridgehead atoms. The highest BCUT2D eigenvalue weighted by molar-refractivity contribution is 9.10. The maximum Gasteiger partial charge on any atom is 0.238 e. The van der Waals surface area contributed by atoms with Crippen molar-refractivity contribution in [2.45, 2.75) is 13.5 Å². The first-order valence-corrected chi connectivity index (χ1v) is 7.10. The van der Waals surface area contributed by atoms with Crippen molar-refractivity contribution in [1.82, 2.24) is 10.3 Å². The number of carbonyl (C=O) groups is 1. The fourth-order valence-electron chi connectivity index (χ4n) is 1.75. The molecule has 5 heteroatoms. The molecule has 0 unspecified atom stereocenters. The second-order valence-corrected chi connectivity index (χ2v) is 5.38. The molecule has 0 aliphatic heterocycles. The summed E-state index contributed by atoms with van der Waals surface area (Å²) >= 11 is 3.36. The molecule has 104 valence electrons. The van der Waals surface area contributed by atoms with E-state index >= 15 is 0 Å². The van der Waals surface area contributed by atoms with Gasteiger partial charge in [-0.05, 0) is 48.4 Å². The van der Waals surface area contributed by atoms with Gasteiger partial charge in [-0.1, -0.05) is 15.9 Å². The third kappa shape index (κ3) is 4.43. The molecule has 1 aromatic carbocycles. The van der Waals surface area contributed by atoms with Crippen molar-refractivity contribution in [1.29, 1.82) is 0 Å². The molecule has 2 aromatic rings. The van der Waals surface area contributed by atoms with Crippen molar-refractivity contribution in [3.63, 3.8) is 0 Å². The molecule has 0 atom stereocenters. The summed E-state index contributed by atoms with van der Waals surface area (Å²) in [5, 5.41) is 5.96. The lowest BCUT2D eigenvalue weighted by molar-refractivity contribution is -0.115. The minimum Gasteiger partial charge on any atom is -0.325 e. The van der Waals surface area contributed by atoms with Gasteiger partial charge in [0.15, 0.2) is 0 Å². The van der Waals surface area contributed by atoms with Crippen LogP contribution in [0, 0.1) is 6.92 Å². The monoisotopic (exact) mass is 333 g/mol. The van der Waals surface area contributed by atoms with E-state index in [9.17, 15) is 4.79 Å². The van der Waals surface area contributed by atoms with Crippen molar-refractivity contribution in [3.8, 4) is 0 Å². The van der Waals surface area contributed by atoms with Gasteiger partial charge in [0.05, 0.1) is 6.54 Å². The molecule has 1 aromatic heterocycles. The molecule has 0 radical (unpaired) electrons. The average Bonchev–Trinajstić information content (AvgIpc) is 2.43. The number of amides is 1. The molecular formula is C15H16BrN3O. The van der Waals surface area contributed by atoms with Crippen LogP contribution in [-0.4, -0.2) is 17.4 Å². The Balaban J connectivity index is 1.78. The Morgan fingerprint density at radius 3 is 2.70 bits per heavy atom. The molecule has 4 nitrogen and oxygen atoms in total. The number of aryl methyl sites for hydroxylation is 1. The highest BCUT2D eigenvalue weighted by atomic mass is 79.9. The zero-order valence-electron chi connectivity index (χ0n) is 11.2. The lowest BCUT2D eigenvalue weighted by Gasteiger charge is -2.08. The van der Waals surface area contributed by atoms with Crippen LogP contribution in [0.15, 0.2) is 47.2 Å². The first-order chi connectivity index (χ1) is 9.65. The molecule has 0 saturated heterocycles. The van der Waals surface area contributed by atoms with Gasteiger partial charge >= 0.3 is 0 Å². The van der Waals surface area contributed by atoms with Crippen LogP contribution < -0.4 is 10.6 Å². The lowest BCUT2D eigenvalue weighted by atomic mass is 10.1. The van der Waals surface area contributed by atoms with Crippen LogP contribution in [0.5, 0.6) is 0 Å². The summed E-state index contributed by atoms with van der Waals surface area (Å²) in [5.41, 5.74) is 3.06. The first-order valence-electron chi connectivity index (χ1n) is 6.31. The van der Waals surface area contributed by atoms with Gasteiger partial charge in [0.2, 0.25) is 5.91 Å². The predicted octanol–water partition coefficient (Wildman–Crippen LogP) is 2.88. The summed E-state index contributed by atoms with van der Waals surface area (Å²) < 4.78 is 0.988. The Morgan fingerprint density at radius 2 is 2.00 bits per heavy atom. The standard InChI is InChI=1S/C15H16BrN3O/c1-11-8-17-7-6-12(11)9-18-10-15(20)19-14-4-2-13(16)3-5-14/h2-8,18H,9-10H2,1H3,(H,19,20). The number of benzene rings is 1. The lowest BCUT2D eigenvalue weighted by Crippen LogP contribution is -2.27. The molecule has 0 aliphatic carbocycles. The van der Waals surface area contributed by atoms with E-state index < -0.39 is 0 Å². The smallest absolute Gasteiger partial charge is 0.238 e. The Kier molecular flexibility index (Phi) is 5.26. The number of pyridine rings is 1. The van der Waals surface area contributed by atoms with Gasteiger partial charge in [-0.15, -0.1) is 0 Å². The van der Waals surface area contributed by atoms with E-state index in [4.69, 9.17) is 0 Å². The third-order valence-corrected chi connectivity index (χ3v) is 3.39. The topological polar surface area (TPSA) is 54.0 Å². The average molecular weight is 334 g/mol. The van der Waals surface area contributed by atoms with Crippen molar-refractivity contribution in [2.75, 3.05) is 11.9 Å². The number of rotatable bonds is 5. The van der Waals surface area contributed by atoms with Crippen LogP contribution in [-0.2, 0) is 11.3 Å². The molecule has 1 heterocycles. The maximum atomic E-state index is 11.8. The number of hydrogen-bond acceptors (Lipinski definition) is 3. The van der Waals surface area contributed by atoms with Crippen molar-refractivity contribution >= 4 is 27.5 Å². The number of hydrogen-bond donors (Lipinski definition) is 2. The normalized spacial score (nSPS) is 10.3. The molecule has 0 aliphatic rings. The van der Waals surface area contributed by atoms with Crippen molar-refractivity contribution in [3.05, 3.63) is 58.3 Å². The highest BCUT2D eigenvalue weighted by Gasteiger charge is 2.03. The van der Waals surface area contributed by atoms with Gasteiger partial charge in [-0.3, -0.25) is 9.78 Å². The predicted molar refractivity (Wildman–Crippen MR) is 83.5 cm³/mol. The molecule has 0 spiro atoms.